The molecule has 1 N–H and O–H groups in total. The first-order valence-electron chi connectivity index (χ1n) is 4.90. The molecule has 0 saturated carbocycles. The number of halogens is 1. The number of hydrogen-bond acceptors (Lipinski definition) is 2. The zero-order valence-corrected chi connectivity index (χ0v) is 9.80. The van der Waals surface area contributed by atoms with E-state index in [4.69, 9.17) is 11.6 Å². The van der Waals surface area contributed by atoms with Gasteiger partial charge in [0, 0.05) is 10.6 Å². The summed E-state index contributed by atoms with van der Waals surface area (Å²) in [4.78, 5) is 18.9. The van der Waals surface area contributed by atoms with Crippen molar-refractivity contribution < 1.29 is 4.79 Å². The molecule has 16 heavy (non-hydrogen) atoms. The maximum absolute atomic E-state index is 12.0. The summed E-state index contributed by atoms with van der Waals surface area (Å²) >= 11 is 5.90. The van der Waals surface area contributed by atoms with E-state index in [1.165, 1.54) is 0 Å². The van der Waals surface area contributed by atoms with Gasteiger partial charge in [0.05, 0.1) is 6.20 Å². The summed E-state index contributed by atoms with van der Waals surface area (Å²) < 4.78 is 0. The maximum Gasteiger partial charge on any atom is 0.210 e. The van der Waals surface area contributed by atoms with Crippen molar-refractivity contribution in [1.29, 1.82) is 0 Å². The number of nitrogens with zero attached hydrogens (tertiary/aromatic N) is 1. The molecule has 0 aliphatic carbocycles. The lowest BCUT2D eigenvalue weighted by Crippen LogP contribution is -2.02. The molecule has 3 nitrogen and oxygen atoms in total. The van der Waals surface area contributed by atoms with Crippen LogP contribution in [0.25, 0.3) is 0 Å². The minimum absolute atomic E-state index is 0.0691. The van der Waals surface area contributed by atoms with E-state index in [-0.39, 0.29) is 5.78 Å². The van der Waals surface area contributed by atoms with Gasteiger partial charge in [-0.05, 0) is 37.6 Å². The van der Waals surface area contributed by atoms with Crippen LogP contribution in [0.1, 0.15) is 27.4 Å². The Kier molecular flexibility index (Phi) is 2.79. The van der Waals surface area contributed by atoms with Crippen LogP contribution in [-0.4, -0.2) is 15.8 Å². The number of rotatable bonds is 2. The molecule has 0 fully saturated rings. The highest BCUT2D eigenvalue weighted by Crippen LogP contribution is 2.18. The standard InChI is InChI=1S/C12H11ClN2O/c1-7-5-9(3-4-10(7)13)12(16)11-6-14-8(2)15-11/h3-6H,1-2H3,(H,14,15). The smallest absolute Gasteiger partial charge is 0.210 e. The number of H-pyrrole nitrogens is 1. The van der Waals surface area contributed by atoms with Crippen LogP contribution < -0.4 is 0 Å². The van der Waals surface area contributed by atoms with E-state index in [2.05, 4.69) is 9.97 Å². The highest BCUT2D eigenvalue weighted by Gasteiger charge is 2.11. The molecule has 0 aliphatic heterocycles. The molecule has 0 unspecified atom stereocenters. The number of benzene rings is 1. The van der Waals surface area contributed by atoms with Crippen LogP contribution in [0.4, 0.5) is 0 Å². The number of carbonyl (C=O) groups is 1. The minimum Gasteiger partial charge on any atom is -0.340 e. The molecule has 1 aromatic heterocycles. The van der Waals surface area contributed by atoms with E-state index in [1.807, 2.05) is 13.8 Å². The summed E-state index contributed by atoms with van der Waals surface area (Å²) in [6, 6.07) is 5.22. The van der Waals surface area contributed by atoms with Crippen molar-refractivity contribution in [1.82, 2.24) is 9.97 Å². The SMILES string of the molecule is Cc1ncc(C(=O)c2ccc(Cl)c(C)c2)[nH]1. The first-order valence-corrected chi connectivity index (χ1v) is 5.28. The number of aromatic amines is 1. The Hall–Kier alpha value is -1.61. The monoisotopic (exact) mass is 234 g/mol. The number of aromatic nitrogens is 2. The van der Waals surface area contributed by atoms with Gasteiger partial charge in [-0.15, -0.1) is 0 Å². The first-order chi connectivity index (χ1) is 7.58. The lowest BCUT2D eigenvalue weighted by Gasteiger charge is -2.01. The molecule has 4 heteroatoms. The summed E-state index contributed by atoms with van der Waals surface area (Å²) in [6.45, 7) is 3.68. The van der Waals surface area contributed by atoms with Crippen molar-refractivity contribution in [3.05, 3.63) is 52.1 Å². The average Bonchev–Trinajstić information content (AvgIpc) is 2.68. The van der Waals surface area contributed by atoms with Gasteiger partial charge < -0.3 is 4.98 Å². The fourth-order valence-electron chi connectivity index (χ4n) is 1.48. The first kappa shape index (κ1) is 10.9. The van der Waals surface area contributed by atoms with Crippen molar-refractivity contribution in [3.8, 4) is 0 Å². The van der Waals surface area contributed by atoms with E-state index >= 15 is 0 Å². The van der Waals surface area contributed by atoms with Crippen LogP contribution in [0.2, 0.25) is 5.02 Å². The van der Waals surface area contributed by atoms with Crippen LogP contribution in [0.5, 0.6) is 0 Å². The van der Waals surface area contributed by atoms with E-state index in [0.29, 0.717) is 16.3 Å². The van der Waals surface area contributed by atoms with Crippen LogP contribution in [-0.2, 0) is 0 Å². The Labute approximate surface area is 98.5 Å². The highest BCUT2D eigenvalue weighted by molar-refractivity contribution is 6.31. The number of hydrogen-bond donors (Lipinski definition) is 1. The van der Waals surface area contributed by atoms with Crippen molar-refractivity contribution in [3.63, 3.8) is 0 Å². The topological polar surface area (TPSA) is 45.8 Å². The Morgan fingerprint density at radius 3 is 2.69 bits per heavy atom. The third-order valence-electron chi connectivity index (χ3n) is 2.37. The molecule has 0 aliphatic rings. The van der Waals surface area contributed by atoms with E-state index in [1.54, 1.807) is 24.4 Å². The molecule has 2 aromatic rings. The zero-order valence-electron chi connectivity index (χ0n) is 9.04. The van der Waals surface area contributed by atoms with E-state index < -0.39 is 0 Å². The van der Waals surface area contributed by atoms with Crippen LogP contribution in [0, 0.1) is 13.8 Å². The summed E-state index contributed by atoms with van der Waals surface area (Å²) in [6.07, 6.45) is 1.54. The normalized spacial score (nSPS) is 10.4. The van der Waals surface area contributed by atoms with Gasteiger partial charge in [-0.1, -0.05) is 11.6 Å². The Morgan fingerprint density at radius 1 is 1.38 bits per heavy atom. The van der Waals surface area contributed by atoms with Gasteiger partial charge in [-0.2, -0.15) is 0 Å². The van der Waals surface area contributed by atoms with Gasteiger partial charge in [0.2, 0.25) is 5.78 Å². The highest BCUT2D eigenvalue weighted by atomic mass is 35.5. The van der Waals surface area contributed by atoms with Crippen molar-refractivity contribution in [2.45, 2.75) is 13.8 Å². The molecule has 0 amide bonds. The van der Waals surface area contributed by atoms with Crippen LogP contribution >= 0.6 is 11.6 Å². The fraction of sp³-hybridized carbons (Fsp3) is 0.167. The Balaban J connectivity index is 2.38. The molecule has 2 rings (SSSR count). The third kappa shape index (κ3) is 1.99. The Morgan fingerprint density at radius 2 is 2.12 bits per heavy atom. The molecule has 0 atom stereocenters. The second-order valence-electron chi connectivity index (χ2n) is 3.68. The third-order valence-corrected chi connectivity index (χ3v) is 2.79. The molecule has 1 aromatic carbocycles. The molecule has 0 saturated heterocycles. The lowest BCUT2D eigenvalue weighted by atomic mass is 10.1. The summed E-state index contributed by atoms with van der Waals surface area (Å²) in [5, 5.41) is 0.664. The summed E-state index contributed by atoms with van der Waals surface area (Å²) in [5.74, 6) is 0.661. The van der Waals surface area contributed by atoms with Gasteiger partial charge in [0.25, 0.3) is 0 Å². The fourth-order valence-corrected chi connectivity index (χ4v) is 1.60. The number of nitrogens with one attached hydrogen (secondary N) is 1. The minimum atomic E-state index is -0.0691. The van der Waals surface area contributed by atoms with Crippen LogP contribution in [0.15, 0.2) is 24.4 Å². The van der Waals surface area contributed by atoms with Crippen molar-refractivity contribution in [2.24, 2.45) is 0 Å². The van der Waals surface area contributed by atoms with Crippen LogP contribution in [0.3, 0.4) is 0 Å². The molecular formula is C12H11ClN2O. The molecule has 1 heterocycles. The predicted octanol–water partition coefficient (Wildman–Crippen LogP) is 2.91. The molecule has 0 radical (unpaired) electrons. The number of imidazole rings is 1. The number of ketones is 1. The molecular weight excluding hydrogens is 224 g/mol. The average molecular weight is 235 g/mol. The molecule has 0 spiro atoms. The predicted molar refractivity (Wildman–Crippen MR) is 62.9 cm³/mol. The zero-order chi connectivity index (χ0) is 11.7. The van der Waals surface area contributed by atoms with E-state index in [0.717, 1.165) is 11.4 Å². The summed E-state index contributed by atoms with van der Waals surface area (Å²) in [7, 11) is 0. The quantitative estimate of drug-likeness (QED) is 0.813. The molecule has 0 bridgehead atoms. The van der Waals surface area contributed by atoms with Gasteiger partial charge in [0.1, 0.15) is 11.5 Å². The van der Waals surface area contributed by atoms with Gasteiger partial charge >= 0.3 is 0 Å². The second kappa shape index (κ2) is 4.10. The van der Waals surface area contributed by atoms with Gasteiger partial charge in [-0.25, -0.2) is 4.98 Å². The van der Waals surface area contributed by atoms with Gasteiger partial charge in [0.15, 0.2) is 0 Å². The second-order valence-corrected chi connectivity index (χ2v) is 4.08. The van der Waals surface area contributed by atoms with Crippen molar-refractivity contribution in [2.75, 3.05) is 0 Å². The Bertz CT molecular complexity index is 546. The molecule has 82 valence electrons. The van der Waals surface area contributed by atoms with E-state index in [9.17, 15) is 4.79 Å². The lowest BCUT2D eigenvalue weighted by molar-refractivity contribution is 0.103. The van der Waals surface area contributed by atoms with Crippen molar-refractivity contribution >= 4 is 17.4 Å². The number of carbonyl (C=O) groups excluding carboxylic acids is 1. The summed E-state index contributed by atoms with van der Waals surface area (Å²) in [5.41, 5.74) is 2.01. The number of aryl methyl sites for hydroxylation is 2. The maximum atomic E-state index is 12.0. The van der Waals surface area contributed by atoms with Gasteiger partial charge in [-0.3, -0.25) is 4.79 Å². The largest absolute Gasteiger partial charge is 0.340 e.